The molecule has 1 heterocycles. The molecule has 2 atom stereocenters. The van der Waals surface area contributed by atoms with Gasteiger partial charge in [0, 0.05) is 12.6 Å². The van der Waals surface area contributed by atoms with Crippen LogP contribution < -0.4 is 5.32 Å². The van der Waals surface area contributed by atoms with Crippen LogP contribution in [0.1, 0.15) is 26.2 Å². The maximum Gasteiger partial charge on any atom is 0.0474 e. The van der Waals surface area contributed by atoms with Gasteiger partial charge in [0.05, 0.1) is 0 Å². The molecule has 0 aromatic rings. The van der Waals surface area contributed by atoms with Crippen molar-refractivity contribution in [3.63, 3.8) is 0 Å². The number of hydrogen-bond acceptors (Lipinski definition) is 3. The zero-order chi connectivity index (χ0) is 11.3. The summed E-state index contributed by atoms with van der Waals surface area (Å²) < 4.78 is 0. The summed E-state index contributed by atoms with van der Waals surface area (Å²) in [5.41, 5.74) is 0. The van der Waals surface area contributed by atoms with E-state index in [2.05, 4.69) is 24.2 Å². The molecule has 0 aromatic carbocycles. The van der Waals surface area contributed by atoms with Crippen molar-refractivity contribution in [3.05, 3.63) is 0 Å². The molecule has 90 valence electrons. The largest absolute Gasteiger partial charge is 0.396 e. The Morgan fingerprint density at radius 1 is 1.40 bits per heavy atom. The van der Waals surface area contributed by atoms with Crippen LogP contribution >= 0.6 is 0 Å². The van der Waals surface area contributed by atoms with Gasteiger partial charge in [0.2, 0.25) is 0 Å². The molecule has 1 saturated heterocycles. The van der Waals surface area contributed by atoms with E-state index in [0.29, 0.717) is 18.6 Å². The van der Waals surface area contributed by atoms with Crippen LogP contribution in [0.15, 0.2) is 0 Å². The standard InChI is InChI=1S/C12H26N2O/c1-4-10(9-15)12(13-2)11-5-7-14(3)8-6-11/h10-13,15H,4-9H2,1-3H3. The molecular formula is C12H26N2O. The molecule has 1 fully saturated rings. The molecule has 0 spiro atoms. The second-order valence-electron chi connectivity index (χ2n) is 4.81. The average Bonchev–Trinajstić information content (AvgIpc) is 2.27. The highest BCUT2D eigenvalue weighted by Crippen LogP contribution is 2.25. The van der Waals surface area contributed by atoms with Crippen molar-refractivity contribution in [2.45, 2.75) is 32.2 Å². The van der Waals surface area contributed by atoms with E-state index < -0.39 is 0 Å². The second-order valence-corrected chi connectivity index (χ2v) is 4.81. The molecule has 0 aliphatic carbocycles. The van der Waals surface area contributed by atoms with Gasteiger partial charge >= 0.3 is 0 Å². The number of nitrogens with zero attached hydrogens (tertiary/aromatic N) is 1. The number of nitrogens with one attached hydrogen (secondary N) is 1. The van der Waals surface area contributed by atoms with Crippen LogP contribution in [-0.2, 0) is 0 Å². The van der Waals surface area contributed by atoms with Crippen molar-refractivity contribution in [3.8, 4) is 0 Å². The van der Waals surface area contributed by atoms with Crippen LogP contribution in [0.2, 0.25) is 0 Å². The topological polar surface area (TPSA) is 35.5 Å². The quantitative estimate of drug-likeness (QED) is 0.715. The van der Waals surface area contributed by atoms with Crippen molar-refractivity contribution in [2.75, 3.05) is 33.8 Å². The van der Waals surface area contributed by atoms with E-state index in [9.17, 15) is 5.11 Å². The van der Waals surface area contributed by atoms with Gasteiger partial charge in [0.25, 0.3) is 0 Å². The normalized spacial score (nSPS) is 24.0. The predicted molar refractivity (Wildman–Crippen MR) is 63.9 cm³/mol. The molecule has 0 amide bonds. The summed E-state index contributed by atoms with van der Waals surface area (Å²) in [5.74, 6) is 1.16. The van der Waals surface area contributed by atoms with Gasteiger partial charge in [-0.25, -0.2) is 0 Å². The number of likely N-dealkylation sites (tertiary alicyclic amines) is 1. The van der Waals surface area contributed by atoms with Gasteiger partial charge in [0.15, 0.2) is 0 Å². The third kappa shape index (κ3) is 3.44. The van der Waals surface area contributed by atoms with Crippen molar-refractivity contribution < 1.29 is 5.11 Å². The first-order valence-electron chi connectivity index (χ1n) is 6.19. The molecule has 3 heteroatoms. The minimum absolute atomic E-state index is 0.314. The minimum atomic E-state index is 0.314. The fraction of sp³-hybridized carbons (Fsp3) is 1.00. The molecular weight excluding hydrogens is 188 g/mol. The fourth-order valence-corrected chi connectivity index (χ4v) is 2.74. The van der Waals surface area contributed by atoms with E-state index >= 15 is 0 Å². The Hall–Kier alpha value is -0.120. The first kappa shape index (κ1) is 12.9. The molecule has 3 nitrogen and oxygen atoms in total. The number of aliphatic hydroxyl groups excluding tert-OH is 1. The van der Waals surface area contributed by atoms with E-state index in [0.717, 1.165) is 12.3 Å². The van der Waals surface area contributed by atoms with E-state index in [1.54, 1.807) is 0 Å². The molecule has 1 aliphatic heterocycles. The van der Waals surface area contributed by atoms with Gasteiger partial charge in [-0.2, -0.15) is 0 Å². The molecule has 1 rings (SSSR count). The molecule has 2 N–H and O–H groups in total. The van der Waals surface area contributed by atoms with Crippen LogP contribution in [0.4, 0.5) is 0 Å². The second kappa shape index (κ2) is 6.46. The van der Waals surface area contributed by atoms with Crippen LogP contribution in [0.3, 0.4) is 0 Å². The highest BCUT2D eigenvalue weighted by atomic mass is 16.3. The van der Waals surface area contributed by atoms with E-state index in [-0.39, 0.29) is 0 Å². The molecule has 15 heavy (non-hydrogen) atoms. The fourth-order valence-electron chi connectivity index (χ4n) is 2.74. The zero-order valence-electron chi connectivity index (χ0n) is 10.4. The summed E-state index contributed by atoms with van der Waals surface area (Å²) >= 11 is 0. The van der Waals surface area contributed by atoms with Gasteiger partial charge in [-0.1, -0.05) is 6.92 Å². The monoisotopic (exact) mass is 214 g/mol. The van der Waals surface area contributed by atoms with Crippen molar-refractivity contribution in [1.29, 1.82) is 0 Å². The van der Waals surface area contributed by atoms with Crippen molar-refractivity contribution >= 4 is 0 Å². The average molecular weight is 214 g/mol. The summed E-state index contributed by atoms with van der Waals surface area (Å²) in [5, 5.41) is 12.8. The van der Waals surface area contributed by atoms with E-state index in [4.69, 9.17) is 0 Å². The Kier molecular flexibility index (Phi) is 5.58. The molecule has 0 saturated carbocycles. The first-order chi connectivity index (χ1) is 7.22. The lowest BCUT2D eigenvalue weighted by Crippen LogP contribution is -2.46. The van der Waals surface area contributed by atoms with Crippen LogP contribution in [0.5, 0.6) is 0 Å². The lowest BCUT2D eigenvalue weighted by molar-refractivity contribution is 0.118. The van der Waals surface area contributed by atoms with E-state index in [1.807, 2.05) is 7.05 Å². The van der Waals surface area contributed by atoms with Gasteiger partial charge in [-0.15, -0.1) is 0 Å². The lowest BCUT2D eigenvalue weighted by atomic mass is 9.81. The summed E-state index contributed by atoms with van der Waals surface area (Å²) in [6.07, 6.45) is 3.59. The summed E-state index contributed by atoms with van der Waals surface area (Å²) in [7, 11) is 4.22. The molecule has 0 bridgehead atoms. The third-order valence-corrected chi connectivity index (χ3v) is 3.87. The summed E-state index contributed by atoms with van der Waals surface area (Å²) in [6.45, 7) is 4.88. The van der Waals surface area contributed by atoms with Crippen molar-refractivity contribution in [1.82, 2.24) is 10.2 Å². The van der Waals surface area contributed by atoms with Crippen molar-refractivity contribution in [2.24, 2.45) is 11.8 Å². The summed E-state index contributed by atoms with van der Waals surface area (Å²) in [4.78, 5) is 2.39. The predicted octanol–water partition coefficient (Wildman–Crippen LogP) is 0.935. The zero-order valence-corrected chi connectivity index (χ0v) is 10.4. The number of aliphatic hydroxyl groups is 1. The Balaban J connectivity index is 2.50. The van der Waals surface area contributed by atoms with Gasteiger partial charge < -0.3 is 15.3 Å². The lowest BCUT2D eigenvalue weighted by Gasteiger charge is -2.37. The Morgan fingerprint density at radius 3 is 2.40 bits per heavy atom. The third-order valence-electron chi connectivity index (χ3n) is 3.87. The Labute approximate surface area is 93.9 Å². The maximum absolute atomic E-state index is 9.36. The summed E-state index contributed by atoms with van der Waals surface area (Å²) in [6, 6.07) is 0.494. The molecule has 0 radical (unpaired) electrons. The highest BCUT2D eigenvalue weighted by Gasteiger charge is 2.29. The van der Waals surface area contributed by atoms with Crippen LogP contribution in [-0.4, -0.2) is 49.8 Å². The number of rotatable bonds is 5. The molecule has 1 aliphatic rings. The Morgan fingerprint density at radius 2 is 2.00 bits per heavy atom. The van der Waals surface area contributed by atoms with Crippen LogP contribution in [0.25, 0.3) is 0 Å². The van der Waals surface area contributed by atoms with Gasteiger partial charge in [-0.3, -0.25) is 0 Å². The maximum atomic E-state index is 9.36. The smallest absolute Gasteiger partial charge is 0.0474 e. The SMILES string of the molecule is CCC(CO)C(NC)C1CCN(C)CC1. The first-order valence-corrected chi connectivity index (χ1v) is 6.19. The van der Waals surface area contributed by atoms with Crippen LogP contribution in [0, 0.1) is 11.8 Å². The van der Waals surface area contributed by atoms with Gasteiger partial charge in [-0.05, 0) is 58.3 Å². The molecule has 2 unspecified atom stereocenters. The van der Waals surface area contributed by atoms with Gasteiger partial charge in [0.1, 0.15) is 0 Å². The number of piperidine rings is 1. The Bertz CT molecular complexity index is 163. The highest BCUT2D eigenvalue weighted by molar-refractivity contribution is 4.84. The molecule has 0 aromatic heterocycles. The van der Waals surface area contributed by atoms with E-state index in [1.165, 1.54) is 25.9 Å². The number of hydrogen-bond donors (Lipinski definition) is 2. The minimum Gasteiger partial charge on any atom is -0.396 e.